The molecule has 1 heterocycles. The fourth-order valence-corrected chi connectivity index (χ4v) is 2.01. The SMILES string of the molecule is CNCCCc1nn(C)cc1-c1ccccc1. The molecular weight excluding hydrogens is 210 g/mol. The maximum Gasteiger partial charge on any atom is 0.0703 e. The van der Waals surface area contributed by atoms with Gasteiger partial charge in [0.1, 0.15) is 0 Å². The van der Waals surface area contributed by atoms with Crippen molar-refractivity contribution in [3.8, 4) is 11.1 Å². The Morgan fingerprint density at radius 3 is 2.71 bits per heavy atom. The van der Waals surface area contributed by atoms with Gasteiger partial charge in [-0.3, -0.25) is 4.68 Å². The summed E-state index contributed by atoms with van der Waals surface area (Å²) in [5.74, 6) is 0. The van der Waals surface area contributed by atoms with Gasteiger partial charge in [-0.05, 0) is 32.0 Å². The Labute approximate surface area is 102 Å². The second-order valence-electron chi connectivity index (χ2n) is 4.24. The van der Waals surface area contributed by atoms with Gasteiger partial charge >= 0.3 is 0 Å². The fraction of sp³-hybridized carbons (Fsp3) is 0.357. The van der Waals surface area contributed by atoms with E-state index in [4.69, 9.17) is 0 Å². The van der Waals surface area contributed by atoms with Crippen LogP contribution >= 0.6 is 0 Å². The third-order valence-corrected chi connectivity index (χ3v) is 2.83. The van der Waals surface area contributed by atoms with Crippen molar-refractivity contribution in [1.29, 1.82) is 0 Å². The Morgan fingerprint density at radius 2 is 2.00 bits per heavy atom. The summed E-state index contributed by atoms with van der Waals surface area (Å²) in [7, 11) is 3.96. The highest BCUT2D eigenvalue weighted by molar-refractivity contribution is 5.65. The van der Waals surface area contributed by atoms with Gasteiger partial charge in [-0.1, -0.05) is 30.3 Å². The number of nitrogens with one attached hydrogen (secondary N) is 1. The highest BCUT2D eigenvalue weighted by Gasteiger charge is 2.08. The Bertz CT molecular complexity index is 460. The molecule has 0 saturated carbocycles. The monoisotopic (exact) mass is 229 g/mol. The molecule has 17 heavy (non-hydrogen) atoms. The van der Waals surface area contributed by atoms with Crippen molar-refractivity contribution in [3.05, 3.63) is 42.2 Å². The average Bonchev–Trinajstić information content (AvgIpc) is 2.72. The second kappa shape index (κ2) is 5.64. The van der Waals surface area contributed by atoms with Gasteiger partial charge in [0.25, 0.3) is 0 Å². The summed E-state index contributed by atoms with van der Waals surface area (Å²) in [5, 5.41) is 7.72. The third kappa shape index (κ3) is 2.94. The van der Waals surface area contributed by atoms with Crippen molar-refractivity contribution in [2.45, 2.75) is 12.8 Å². The topological polar surface area (TPSA) is 29.9 Å². The lowest BCUT2D eigenvalue weighted by Gasteiger charge is -2.02. The maximum atomic E-state index is 4.55. The Hall–Kier alpha value is -1.61. The maximum absolute atomic E-state index is 4.55. The molecule has 0 aliphatic rings. The first kappa shape index (κ1) is 11.9. The van der Waals surface area contributed by atoms with Crippen molar-refractivity contribution >= 4 is 0 Å². The van der Waals surface area contributed by atoms with E-state index >= 15 is 0 Å². The van der Waals surface area contributed by atoms with E-state index < -0.39 is 0 Å². The molecule has 0 amide bonds. The molecular formula is C14H19N3. The van der Waals surface area contributed by atoms with E-state index in [0.717, 1.165) is 19.4 Å². The molecule has 0 aliphatic carbocycles. The zero-order valence-corrected chi connectivity index (χ0v) is 10.5. The van der Waals surface area contributed by atoms with E-state index in [0.29, 0.717) is 0 Å². The van der Waals surface area contributed by atoms with Crippen LogP contribution in [0.3, 0.4) is 0 Å². The van der Waals surface area contributed by atoms with E-state index in [1.807, 2.05) is 24.8 Å². The number of hydrogen-bond acceptors (Lipinski definition) is 2. The lowest BCUT2D eigenvalue weighted by molar-refractivity contribution is 0.689. The average molecular weight is 229 g/mol. The van der Waals surface area contributed by atoms with Crippen LogP contribution in [0.15, 0.2) is 36.5 Å². The van der Waals surface area contributed by atoms with Crippen molar-refractivity contribution in [2.24, 2.45) is 7.05 Å². The first-order chi connectivity index (χ1) is 8.31. The summed E-state index contributed by atoms with van der Waals surface area (Å²) in [6.07, 6.45) is 4.24. The predicted molar refractivity (Wildman–Crippen MR) is 70.9 cm³/mol. The van der Waals surface area contributed by atoms with Crippen LogP contribution in [0, 0.1) is 0 Å². The van der Waals surface area contributed by atoms with Gasteiger partial charge in [-0.25, -0.2) is 0 Å². The van der Waals surface area contributed by atoms with Crippen molar-refractivity contribution in [3.63, 3.8) is 0 Å². The summed E-state index contributed by atoms with van der Waals surface area (Å²) in [6, 6.07) is 10.5. The van der Waals surface area contributed by atoms with Crippen LogP contribution < -0.4 is 5.32 Å². The van der Waals surface area contributed by atoms with Crippen LogP contribution in [-0.2, 0) is 13.5 Å². The number of nitrogens with zero attached hydrogens (tertiary/aromatic N) is 2. The highest BCUT2D eigenvalue weighted by atomic mass is 15.2. The molecule has 0 radical (unpaired) electrons. The van der Waals surface area contributed by atoms with Crippen LogP contribution in [0.2, 0.25) is 0 Å². The van der Waals surface area contributed by atoms with Gasteiger partial charge in [0, 0.05) is 18.8 Å². The number of hydrogen-bond donors (Lipinski definition) is 1. The van der Waals surface area contributed by atoms with Crippen molar-refractivity contribution < 1.29 is 0 Å². The first-order valence-electron chi connectivity index (χ1n) is 6.04. The Morgan fingerprint density at radius 1 is 1.24 bits per heavy atom. The molecule has 2 rings (SSSR count). The van der Waals surface area contributed by atoms with Gasteiger partial charge in [0.2, 0.25) is 0 Å². The lowest BCUT2D eigenvalue weighted by atomic mass is 10.0. The molecule has 90 valence electrons. The number of aryl methyl sites for hydroxylation is 2. The molecule has 0 saturated heterocycles. The minimum absolute atomic E-state index is 1.02. The molecule has 1 aromatic carbocycles. The normalized spacial score (nSPS) is 10.7. The van der Waals surface area contributed by atoms with E-state index in [1.165, 1.54) is 16.8 Å². The summed E-state index contributed by atoms with van der Waals surface area (Å²) in [5.41, 5.74) is 3.69. The molecule has 0 atom stereocenters. The van der Waals surface area contributed by atoms with Gasteiger partial charge in [-0.15, -0.1) is 0 Å². The van der Waals surface area contributed by atoms with Crippen LogP contribution in [-0.4, -0.2) is 23.4 Å². The van der Waals surface area contributed by atoms with Gasteiger partial charge in [-0.2, -0.15) is 5.10 Å². The smallest absolute Gasteiger partial charge is 0.0703 e. The standard InChI is InChI=1S/C14H19N3/c1-15-10-6-9-14-13(11-17(2)16-14)12-7-4-3-5-8-12/h3-5,7-8,11,15H,6,9-10H2,1-2H3. The molecule has 3 heteroatoms. The summed E-state index contributed by atoms with van der Waals surface area (Å²) >= 11 is 0. The third-order valence-electron chi connectivity index (χ3n) is 2.83. The fourth-order valence-electron chi connectivity index (χ4n) is 2.01. The van der Waals surface area contributed by atoms with Crippen LogP contribution in [0.5, 0.6) is 0 Å². The molecule has 1 aromatic heterocycles. The minimum atomic E-state index is 1.02. The van der Waals surface area contributed by atoms with Crippen LogP contribution in [0.25, 0.3) is 11.1 Å². The van der Waals surface area contributed by atoms with E-state index in [-0.39, 0.29) is 0 Å². The molecule has 0 unspecified atom stereocenters. The predicted octanol–water partition coefficient (Wildman–Crippen LogP) is 2.24. The van der Waals surface area contributed by atoms with Crippen LogP contribution in [0.4, 0.5) is 0 Å². The summed E-state index contributed by atoms with van der Waals surface area (Å²) in [6.45, 7) is 1.03. The van der Waals surface area contributed by atoms with E-state index in [9.17, 15) is 0 Å². The van der Waals surface area contributed by atoms with E-state index in [1.54, 1.807) is 0 Å². The summed E-state index contributed by atoms with van der Waals surface area (Å²) < 4.78 is 1.90. The number of rotatable bonds is 5. The summed E-state index contributed by atoms with van der Waals surface area (Å²) in [4.78, 5) is 0. The van der Waals surface area contributed by atoms with Gasteiger partial charge in [0.15, 0.2) is 0 Å². The number of benzene rings is 1. The molecule has 3 nitrogen and oxygen atoms in total. The zero-order chi connectivity index (χ0) is 12.1. The van der Waals surface area contributed by atoms with Gasteiger partial charge in [0.05, 0.1) is 5.69 Å². The van der Waals surface area contributed by atoms with Gasteiger partial charge < -0.3 is 5.32 Å². The molecule has 0 spiro atoms. The van der Waals surface area contributed by atoms with Crippen molar-refractivity contribution in [1.82, 2.24) is 15.1 Å². The molecule has 2 aromatic rings. The molecule has 0 aliphatic heterocycles. The Kier molecular flexibility index (Phi) is 3.94. The second-order valence-corrected chi connectivity index (χ2v) is 4.24. The molecule has 0 bridgehead atoms. The molecule has 0 fully saturated rings. The minimum Gasteiger partial charge on any atom is -0.320 e. The highest BCUT2D eigenvalue weighted by Crippen LogP contribution is 2.23. The largest absolute Gasteiger partial charge is 0.320 e. The Balaban J connectivity index is 2.22. The van der Waals surface area contributed by atoms with E-state index in [2.05, 4.69) is 40.9 Å². The molecule has 1 N–H and O–H groups in total. The zero-order valence-electron chi connectivity index (χ0n) is 10.5. The quantitative estimate of drug-likeness (QED) is 0.797. The van der Waals surface area contributed by atoms with Crippen molar-refractivity contribution in [2.75, 3.05) is 13.6 Å². The number of aromatic nitrogens is 2. The first-order valence-corrected chi connectivity index (χ1v) is 6.04. The lowest BCUT2D eigenvalue weighted by Crippen LogP contribution is -2.08. The van der Waals surface area contributed by atoms with Crippen LogP contribution in [0.1, 0.15) is 12.1 Å².